The topological polar surface area (TPSA) is 93.5 Å². The molecule has 134 valence electrons. The molecule has 7 nitrogen and oxygen atoms in total. The fraction of sp³-hybridized carbons (Fsp3) is 0.389. The summed E-state index contributed by atoms with van der Waals surface area (Å²) < 4.78 is 7.20. The monoisotopic (exact) mass is 345 g/mol. The molecule has 0 saturated carbocycles. The van der Waals surface area contributed by atoms with E-state index in [9.17, 15) is 14.7 Å². The number of aryl methyl sites for hydroxylation is 3. The number of aromatic nitrogens is 2. The molecule has 0 saturated heterocycles. The standard InChI is InChI=1S/C18H23N3O4/c1-10-7-6-8-14(11(10)2)16(18(23)24)19-15(22)9-25-17-12(3)20-21(5)13(17)4/h6-8,16H,9H2,1-5H3,(H,19,22)(H,23,24). The van der Waals surface area contributed by atoms with Crippen molar-refractivity contribution in [2.45, 2.75) is 33.7 Å². The Morgan fingerprint density at radius 2 is 1.96 bits per heavy atom. The van der Waals surface area contributed by atoms with Crippen LogP contribution in [0.4, 0.5) is 0 Å². The van der Waals surface area contributed by atoms with Gasteiger partial charge in [-0.05, 0) is 44.4 Å². The minimum absolute atomic E-state index is 0.276. The molecule has 0 aliphatic heterocycles. The summed E-state index contributed by atoms with van der Waals surface area (Å²) in [6, 6.07) is 4.26. The van der Waals surface area contributed by atoms with E-state index in [2.05, 4.69) is 10.4 Å². The molecule has 2 rings (SSSR count). The Labute approximate surface area is 146 Å². The van der Waals surface area contributed by atoms with Crippen LogP contribution in [0.3, 0.4) is 0 Å². The first-order valence-corrected chi connectivity index (χ1v) is 7.93. The molecule has 1 aromatic carbocycles. The highest BCUT2D eigenvalue weighted by Gasteiger charge is 2.24. The van der Waals surface area contributed by atoms with Crippen LogP contribution in [0, 0.1) is 27.7 Å². The predicted molar refractivity (Wildman–Crippen MR) is 92.6 cm³/mol. The maximum absolute atomic E-state index is 12.2. The third-order valence-corrected chi connectivity index (χ3v) is 4.30. The SMILES string of the molecule is Cc1cccc(C(NC(=O)COc2c(C)nn(C)c2C)C(=O)O)c1C. The summed E-state index contributed by atoms with van der Waals surface area (Å²) in [5.41, 5.74) is 3.85. The van der Waals surface area contributed by atoms with Crippen LogP contribution >= 0.6 is 0 Å². The third kappa shape index (κ3) is 3.99. The van der Waals surface area contributed by atoms with Crippen LogP contribution in [-0.2, 0) is 16.6 Å². The van der Waals surface area contributed by atoms with Gasteiger partial charge in [-0.3, -0.25) is 9.48 Å². The second-order valence-corrected chi connectivity index (χ2v) is 6.04. The number of nitrogens with one attached hydrogen (secondary N) is 1. The number of amides is 1. The lowest BCUT2D eigenvalue weighted by Gasteiger charge is -2.18. The van der Waals surface area contributed by atoms with Gasteiger partial charge in [-0.25, -0.2) is 4.79 Å². The number of carbonyl (C=O) groups is 2. The Bertz CT molecular complexity index is 811. The van der Waals surface area contributed by atoms with Crippen molar-refractivity contribution < 1.29 is 19.4 Å². The Balaban J connectivity index is 2.11. The van der Waals surface area contributed by atoms with Gasteiger partial charge in [0.2, 0.25) is 0 Å². The van der Waals surface area contributed by atoms with Crippen LogP contribution in [0.1, 0.15) is 34.1 Å². The van der Waals surface area contributed by atoms with Crippen molar-refractivity contribution in [2.24, 2.45) is 7.05 Å². The van der Waals surface area contributed by atoms with Crippen molar-refractivity contribution in [1.82, 2.24) is 15.1 Å². The van der Waals surface area contributed by atoms with Gasteiger partial charge in [0.25, 0.3) is 5.91 Å². The van der Waals surface area contributed by atoms with Gasteiger partial charge in [-0.1, -0.05) is 18.2 Å². The highest BCUT2D eigenvalue weighted by atomic mass is 16.5. The minimum Gasteiger partial charge on any atom is -0.480 e. The predicted octanol–water partition coefficient (Wildman–Crippen LogP) is 1.97. The first kappa shape index (κ1) is 18.5. The zero-order valence-electron chi connectivity index (χ0n) is 15.1. The van der Waals surface area contributed by atoms with Crippen LogP contribution < -0.4 is 10.1 Å². The molecule has 1 amide bonds. The molecule has 1 unspecified atom stereocenters. The van der Waals surface area contributed by atoms with Gasteiger partial charge < -0.3 is 15.2 Å². The molecule has 0 bridgehead atoms. The lowest BCUT2D eigenvalue weighted by atomic mass is 9.97. The number of aliphatic carboxylic acids is 1. The summed E-state index contributed by atoms with van der Waals surface area (Å²) in [6.45, 7) is 7.09. The van der Waals surface area contributed by atoms with Gasteiger partial charge in [0.15, 0.2) is 18.4 Å². The maximum Gasteiger partial charge on any atom is 0.330 e. The summed E-state index contributed by atoms with van der Waals surface area (Å²) >= 11 is 0. The highest BCUT2D eigenvalue weighted by Crippen LogP contribution is 2.22. The van der Waals surface area contributed by atoms with Gasteiger partial charge in [0, 0.05) is 7.05 Å². The average Bonchev–Trinajstić information content (AvgIpc) is 2.78. The van der Waals surface area contributed by atoms with E-state index in [1.807, 2.05) is 26.8 Å². The minimum atomic E-state index is -1.12. The fourth-order valence-electron chi connectivity index (χ4n) is 2.66. The van der Waals surface area contributed by atoms with Crippen molar-refractivity contribution in [3.63, 3.8) is 0 Å². The van der Waals surface area contributed by atoms with Crippen LogP contribution in [0.15, 0.2) is 18.2 Å². The molecular weight excluding hydrogens is 322 g/mol. The Hall–Kier alpha value is -2.83. The van der Waals surface area contributed by atoms with E-state index in [1.165, 1.54) is 0 Å². The quantitative estimate of drug-likeness (QED) is 0.835. The summed E-state index contributed by atoms with van der Waals surface area (Å²) in [7, 11) is 1.79. The number of hydrogen-bond donors (Lipinski definition) is 2. The summed E-state index contributed by atoms with van der Waals surface area (Å²) in [5.74, 6) is -1.08. The first-order chi connectivity index (χ1) is 11.7. The summed E-state index contributed by atoms with van der Waals surface area (Å²) in [4.78, 5) is 23.8. The maximum atomic E-state index is 12.2. The molecule has 0 aliphatic rings. The molecule has 1 heterocycles. The highest BCUT2D eigenvalue weighted by molar-refractivity contribution is 5.85. The Morgan fingerprint density at radius 1 is 1.28 bits per heavy atom. The van der Waals surface area contributed by atoms with Crippen LogP contribution in [0.25, 0.3) is 0 Å². The van der Waals surface area contributed by atoms with Crippen molar-refractivity contribution in [3.05, 3.63) is 46.3 Å². The van der Waals surface area contributed by atoms with E-state index in [-0.39, 0.29) is 6.61 Å². The van der Waals surface area contributed by atoms with Crippen LogP contribution in [0.2, 0.25) is 0 Å². The molecule has 0 radical (unpaired) electrons. The molecule has 0 fully saturated rings. The number of rotatable bonds is 6. The molecular formula is C18H23N3O4. The Morgan fingerprint density at radius 3 is 2.52 bits per heavy atom. The van der Waals surface area contributed by atoms with Gasteiger partial charge in [0.05, 0.1) is 5.69 Å². The van der Waals surface area contributed by atoms with Gasteiger partial charge in [-0.2, -0.15) is 5.10 Å². The summed E-state index contributed by atoms with van der Waals surface area (Å²) in [6.07, 6.45) is 0. The number of nitrogens with zero attached hydrogens (tertiary/aromatic N) is 2. The normalized spacial score (nSPS) is 11.9. The second kappa shape index (κ2) is 7.38. The third-order valence-electron chi connectivity index (χ3n) is 4.30. The number of hydrogen-bond acceptors (Lipinski definition) is 4. The van der Waals surface area contributed by atoms with Crippen LogP contribution in [-0.4, -0.2) is 33.4 Å². The van der Waals surface area contributed by atoms with E-state index in [0.717, 1.165) is 16.8 Å². The lowest BCUT2D eigenvalue weighted by Crippen LogP contribution is -2.37. The van der Waals surface area contributed by atoms with E-state index in [4.69, 9.17) is 4.74 Å². The Kier molecular flexibility index (Phi) is 5.46. The number of carboxylic acid groups (broad SMARTS) is 1. The molecule has 2 N–H and O–H groups in total. The molecule has 2 aromatic rings. The molecule has 1 aromatic heterocycles. The molecule has 7 heteroatoms. The van der Waals surface area contributed by atoms with Crippen molar-refractivity contribution in [3.8, 4) is 5.75 Å². The number of carbonyl (C=O) groups excluding carboxylic acids is 1. The van der Waals surface area contributed by atoms with E-state index in [1.54, 1.807) is 30.8 Å². The zero-order chi connectivity index (χ0) is 18.7. The van der Waals surface area contributed by atoms with Gasteiger partial charge in [0.1, 0.15) is 5.69 Å². The van der Waals surface area contributed by atoms with Crippen molar-refractivity contribution in [1.29, 1.82) is 0 Å². The van der Waals surface area contributed by atoms with Crippen LogP contribution in [0.5, 0.6) is 5.75 Å². The second-order valence-electron chi connectivity index (χ2n) is 6.04. The molecule has 25 heavy (non-hydrogen) atoms. The number of ether oxygens (including phenoxy) is 1. The fourth-order valence-corrected chi connectivity index (χ4v) is 2.66. The number of benzene rings is 1. The summed E-state index contributed by atoms with van der Waals surface area (Å²) in [5, 5.41) is 16.2. The smallest absolute Gasteiger partial charge is 0.330 e. The molecule has 0 spiro atoms. The molecule has 0 aliphatic carbocycles. The molecule has 1 atom stereocenters. The largest absolute Gasteiger partial charge is 0.480 e. The van der Waals surface area contributed by atoms with Crippen molar-refractivity contribution in [2.75, 3.05) is 6.61 Å². The zero-order valence-corrected chi connectivity index (χ0v) is 15.1. The van der Waals surface area contributed by atoms with E-state index < -0.39 is 17.9 Å². The van der Waals surface area contributed by atoms with Gasteiger partial charge in [-0.15, -0.1) is 0 Å². The lowest BCUT2D eigenvalue weighted by molar-refractivity contribution is -0.142. The average molecular weight is 345 g/mol. The van der Waals surface area contributed by atoms with E-state index >= 15 is 0 Å². The van der Waals surface area contributed by atoms with E-state index in [0.29, 0.717) is 17.0 Å². The first-order valence-electron chi connectivity index (χ1n) is 7.93. The van der Waals surface area contributed by atoms with Gasteiger partial charge >= 0.3 is 5.97 Å². The number of carboxylic acids is 1. The van der Waals surface area contributed by atoms with Crippen molar-refractivity contribution >= 4 is 11.9 Å².